The lowest BCUT2D eigenvalue weighted by Gasteiger charge is -2.47. The molecule has 1 aliphatic heterocycles. The lowest BCUT2D eigenvalue weighted by atomic mass is 9.94. The first kappa shape index (κ1) is 17.1. The first-order valence-corrected chi connectivity index (χ1v) is 8.53. The smallest absolute Gasteiger partial charge is 0.255 e. The summed E-state index contributed by atoms with van der Waals surface area (Å²) in [5.41, 5.74) is 3.13. The maximum atomic E-state index is 12.8. The van der Waals surface area contributed by atoms with Crippen LogP contribution in [0.5, 0.6) is 5.75 Å². The highest BCUT2D eigenvalue weighted by Crippen LogP contribution is 2.37. The van der Waals surface area contributed by atoms with Crippen molar-refractivity contribution in [1.82, 2.24) is 5.32 Å². The minimum absolute atomic E-state index is 0.0298. The first-order chi connectivity index (χ1) is 12.0. The average molecular weight is 336 g/mol. The van der Waals surface area contributed by atoms with Gasteiger partial charge in [-0.25, -0.2) is 0 Å². The molecule has 4 nitrogen and oxygen atoms in total. The second kappa shape index (κ2) is 6.63. The summed E-state index contributed by atoms with van der Waals surface area (Å²) in [7, 11) is 1.66. The Labute approximate surface area is 149 Å². The number of allylic oxidation sites excluding steroid dienone is 1. The van der Waals surface area contributed by atoms with Crippen LogP contribution in [0.1, 0.15) is 32.8 Å². The number of methoxy groups -OCH3 is 1. The molecule has 1 amide bonds. The van der Waals surface area contributed by atoms with Crippen molar-refractivity contribution in [2.75, 3.05) is 12.0 Å². The summed E-state index contributed by atoms with van der Waals surface area (Å²) in [6.45, 7) is 6.15. The molecule has 3 rings (SSSR count). The molecule has 1 atom stereocenters. The van der Waals surface area contributed by atoms with Crippen molar-refractivity contribution in [2.24, 2.45) is 0 Å². The topological polar surface area (TPSA) is 41.6 Å². The van der Waals surface area contributed by atoms with Gasteiger partial charge < -0.3 is 15.0 Å². The van der Waals surface area contributed by atoms with Crippen LogP contribution in [-0.2, 0) is 4.79 Å². The molecule has 2 aromatic rings. The molecule has 4 heteroatoms. The van der Waals surface area contributed by atoms with Crippen molar-refractivity contribution in [2.45, 2.75) is 32.9 Å². The van der Waals surface area contributed by atoms with E-state index in [-0.39, 0.29) is 5.91 Å². The lowest BCUT2D eigenvalue weighted by molar-refractivity contribution is -0.117. The van der Waals surface area contributed by atoms with E-state index in [4.69, 9.17) is 4.74 Å². The molecule has 1 unspecified atom stereocenters. The summed E-state index contributed by atoms with van der Waals surface area (Å²) < 4.78 is 5.27. The molecule has 130 valence electrons. The molecule has 0 fully saturated rings. The highest BCUT2D eigenvalue weighted by atomic mass is 16.5. The van der Waals surface area contributed by atoms with Crippen LogP contribution in [0.2, 0.25) is 0 Å². The van der Waals surface area contributed by atoms with Gasteiger partial charge >= 0.3 is 0 Å². The molecule has 0 spiro atoms. The van der Waals surface area contributed by atoms with E-state index < -0.39 is 5.66 Å². The zero-order valence-corrected chi connectivity index (χ0v) is 15.2. The van der Waals surface area contributed by atoms with Crippen LogP contribution in [-0.4, -0.2) is 18.7 Å². The number of nitrogens with one attached hydrogen (secondary N) is 1. The quantitative estimate of drug-likeness (QED) is 0.910. The zero-order chi connectivity index (χ0) is 18.0. The van der Waals surface area contributed by atoms with Crippen LogP contribution in [0.3, 0.4) is 0 Å². The summed E-state index contributed by atoms with van der Waals surface area (Å²) in [6, 6.07) is 17.7. The lowest BCUT2D eigenvalue weighted by Crippen LogP contribution is -2.61. The summed E-state index contributed by atoms with van der Waals surface area (Å²) in [4.78, 5) is 15.0. The van der Waals surface area contributed by atoms with E-state index in [1.807, 2.05) is 61.5 Å². The number of carbonyl (C=O) groups excluding carboxylic acids is 1. The number of amides is 1. The fraction of sp³-hybridized carbons (Fsp3) is 0.286. The van der Waals surface area contributed by atoms with Gasteiger partial charge in [0.1, 0.15) is 11.4 Å². The zero-order valence-electron chi connectivity index (χ0n) is 15.2. The second-order valence-corrected chi connectivity index (χ2v) is 6.44. The van der Waals surface area contributed by atoms with Crippen LogP contribution in [0.15, 0.2) is 60.3 Å². The standard InChI is InChI=1S/C21H24N2O2/c1-5-21(3)22-20(24)19(16-9-7-6-8-10-16)15(2)23(21)17-11-13-18(25-4)14-12-17/h6-14H,5H2,1-4H3,(H,22,24). The Bertz CT molecular complexity index is 796. The van der Waals surface area contributed by atoms with Crippen molar-refractivity contribution in [3.05, 3.63) is 65.9 Å². The monoisotopic (exact) mass is 336 g/mol. The number of anilines is 1. The predicted molar refractivity (Wildman–Crippen MR) is 101 cm³/mol. The fourth-order valence-corrected chi connectivity index (χ4v) is 3.41. The molecule has 2 aromatic carbocycles. The molecule has 0 bridgehead atoms. The molecule has 25 heavy (non-hydrogen) atoms. The molecule has 0 saturated heterocycles. The van der Waals surface area contributed by atoms with Gasteiger partial charge in [0.2, 0.25) is 0 Å². The third kappa shape index (κ3) is 3.00. The van der Waals surface area contributed by atoms with E-state index >= 15 is 0 Å². The van der Waals surface area contributed by atoms with Gasteiger partial charge in [-0.05, 0) is 50.1 Å². The van der Waals surface area contributed by atoms with Crippen LogP contribution in [0, 0.1) is 0 Å². The normalized spacial score (nSPS) is 20.5. The Hall–Kier alpha value is -2.75. The molecule has 0 radical (unpaired) electrons. The maximum absolute atomic E-state index is 12.8. The van der Waals surface area contributed by atoms with Crippen LogP contribution in [0.4, 0.5) is 5.69 Å². The number of hydrogen-bond donors (Lipinski definition) is 1. The first-order valence-electron chi connectivity index (χ1n) is 8.53. The van der Waals surface area contributed by atoms with Crippen molar-refractivity contribution >= 4 is 17.2 Å². The summed E-state index contributed by atoms with van der Waals surface area (Å²) in [5, 5.41) is 3.20. The van der Waals surface area contributed by atoms with E-state index in [1.165, 1.54) is 0 Å². The van der Waals surface area contributed by atoms with Gasteiger partial charge in [-0.2, -0.15) is 0 Å². The molecule has 0 aliphatic carbocycles. The van der Waals surface area contributed by atoms with Gasteiger partial charge in [-0.3, -0.25) is 4.79 Å². The summed E-state index contributed by atoms with van der Waals surface area (Å²) >= 11 is 0. The van der Waals surface area contributed by atoms with E-state index in [0.717, 1.165) is 29.1 Å². The van der Waals surface area contributed by atoms with Gasteiger partial charge in [0.05, 0.1) is 12.7 Å². The predicted octanol–water partition coefficient (Wildman–Crippen LogP) is 4.19. The molecule has 0 aromatic heterocycles. The van der Waals surface area contributed by atoms with Gasteiger partial charge in [0, 0.05) is 11.4 Å². The minimum atomic E-state index is -0.478. The third-order valence-corrected chi connectivity index (χ3v) is 4.88. The molecule has 1 heterocycles. The van der Waals surface area contributed by atoms with E-state index in [1.54, 1.807) is 7.11 Å². The van der Waals surface area contributed by atoms with Crippen LogP contribution >= 0.6 is 0 Å². The SMILES string of the molecule is CCC1(C)NC(=O)C(c2ccccc2)=C(C)N1c1ccc(OC)cc1. The number of benzene rings is 2. The van der Waals surface area contributed by atoms with Gasteiger partial charge in [0.25, 0.3) is 5.91 Å². The Morgan fingerprint density at radius 2 is 1.72 bits per heavy atom. The Morgan fingerprint density at radius 1 is 1.08 bits per heavy atom. The van der Waals surface area contributed by atoms with Crippen molar-refractivity contribution in [3.8, 4) is 5.75 Å². The average Bonchev–Trinajstić information content (AvgIpc) is 2.63. The van der Waals surface area contributed by atoms with Crippen LogP contribution in [0.25, 0.3) is 5.57 Å². The van der Waals surface area contributed by atoms with E-state index in [2.05, 4.69) is 24.1 Å². The van der Waals surface area contributed by atoms with E-state index in [9.17, 15) is 4.79 Å². The van der Waals surface area contributed by atoms with Gasteiger partial charge in [-0.1, -0.05) is 37.3 Å². The van der Waals surface area contributed by atoms with Gasteiger partial charge in [-0.15, -0.1) is 0 Å². The third-order valence-electron chi connectivity index (χ3n) is 4.88. The second-order valence-electron chi connectivity index (χ2n) is 6.44. The number of nitrogens with zero attached hydrogens (tertiary/aromatic N) is 1. The van der Waals surface area contributed by atoms with Crippen molar-refractivity contribution < 1.29 is 9.53 Å². The highest BCUT2D eigenvalue weighted by Gasteiger charge is 2.40. The highest BCUT2D eigenvalue weighted by molar-refractivity contribution is 6.22. The number of rotatable bonds is 4. The summed E-state index contributed by atoms with van der Waals surface area (Å²) in [5.74, 6) is 0.783. The number of hydrogen-bond acceptors (Lipinski definition) is 3. The molecular formula is C21H24N2O2. The molecule has 1 aliphatic rings. The molecule has 0 saturated carbocycles. The Balaban J connectivity index is 2.16. The number of carbonyl (C=O) groups is 1. The maximum Gasteiger partial charge on any atom is 0.255 e. The summed E-state index contributed by atoms with van der Waals surface area (Å²) in [6.07, 6.45) is 0.782. The molecular weight excluding hydrogens is 312 g/mol. The van der Waals surface area contributed by atoms with Crippen molar-refractivity contribution in [3.63, 3.8) is 0 Å². The van der Waals surface area contributed by atoms with E-state index in [0.29, 0.717) is 5.57 Å². The largest absolute Gasteiger partial charge is 0.497 e. The van der Waals surface area contributed by atoms with Gasteiger partial charge in [0.15, 0.2) is 0 Å². The number of ether oxygens (including phenoxy) is 1. The minimum Gasteiger partial charge on any atom is -0.497 e. The Morgan fingerprint density at radius 3 is 2.28 bits per heavy atom. The fourth-order valence-electron chi connectivity index (χ4n) is 3.41. The van der Waals surface area contributed by atoms with Crippen LogP contribution < -0.4 is 15.0 Å². The molecule has 1 N–H and O–H groups in total. The Kier molecular flexibility index (Phi) is 4.53. The van der Waals surface area contributed by atoms with Crippen molar-refractivity contribution in [1.29, 1.82) is 0 Å².